The van der Waals surface area contributed by atoms with Crippen molar-refractivity contribution in [2.75, 3.05) is 32.7 Å². The number of halogens is 3. The predicted octanol–water partition coefficient (Wildman–Crippen LogP) is 2.82. The minimum atomic E-state index is -4.49. The Morgan fingerprint density at radius 2 is 1.83 bits per heavy atom. The van der Waals surface area contributed by atoms with Crippen molar-refractivity contribution in [3.05, 3.63) is 29.1 Å². The van der Waals surface area contributed by atoms with Gasteiger partial charge in [-0.15, -0.1) is 0 Å². The summed E-state index contributed by atoms with van der Waals surface area (Å²) in [5.41, 5.74) is -0.599. The Labute approximate surface area is 134 Å². The number of hydrogen-bond donors (Lipinski definition) is 0. The zero-order chi connectivity index (χ0) is 17.2. The molecule has 2 rings (SSSR count). The second kappa shape index (κ2) is 6.86. The normalized spacial score (nSPS) is 16.9. The number of carbonyl (C=O) groups excluding carboxylic acids is 1. The first kappa shape index (κ1) is 17.7. The maximum absolute atomic E-state index is 12.6. The van der Waals surface area contributed by atoms with Crippen LogP contribution in [0.15, 0.2) is 12.1 Å². The van der Waals surface area contributed by atoms with Crippen LogP contribution in [0.2, 0.25) is 0 Å². The van der Waals surface area contributed by atoms with Gasteiger partial charge in [-0.05, 0) is 25.0 Å². The lowest BCUT2D eigenvalue weighted by atomic mass is 10.1. The highest BCUT2D eigenvalue weighted by Crippen LogP contribution is 2.28. The SMILES string of the molecule is Cc1nc(C(F)(F)F)ccc1C(=O)N1CCN(CC(C)C)CC1. The van der Waals surface area contributed by atoms with Gasteiger partial charge in [0.1, 0.15) is 5.69 Å². The molecule has 4 nitrogen and oxygen atoms in total. The van der Waals surface area contributed by atoms with Gasteiger partial charge in [0.2, 0.25) is 0 Å². The molecule has 1 aromatic rings. The maximum atomic E-state index is 12.6. The highest BCUT2D eigenvalue weighted by atomic mass is 19.4. The summed E-state index contributed by atoms with van der Waals surface area (Å²) in [5, 5.41) is 0. The van der Waals surface area contributed by atoms with Crippen LogP contribution in [0.4, 0.5) is 13.2 Å². The highest BCUT2D eigenvalue weighted by Gasteiger charge is 2.33. The van der Waals surface area contributed by atoms with Crippen LogP contribution in [0.1, 0.15) is 35.6 Å². The summed E-state index contributed by atoms with van der Waals surface area (Å²) in [7, 11) is 0. The third-order valence-corrected chi connectivity index (χ3v) is 3.89. The molecule has 0 aromatic carbocycles. The first-order valence-electron chi connectivity index (χ1n) is 7.75. The lowest BCUT2D eigenvalue weighted by Gasteiger charge is -2.35. The van der Waals surface area contributed by atoms with Crippen LogP contribution in [0.3, 0.4) is 0 Å². The van der Waals surface area contributed by atoms with Crippen LogP contribution >= 0.6 is 0 Å². The van der Waals surface area contributed by atoms with Crippen molar-refractivity contribution in [3.63, 3.8) is 0 Å². The van der Waals surface area contributed by atoms with E-state index in [1.54, 1.807) is 4.90 Å². The Morgan fingerprint density at radius 1 is 1.22 bits per heavy atom. The summed E-state index contributed by atoms with van der Waals surface area (Å²) in [6.45, 7) is 9.48. The van der Waals surface area contributed by atoms with Gasteiger partial charge < -0.3 is 4.90 Å². The smallest absolute Gasteiger partial charge is 0.336 e. The van der Waals surface area contributed by atoms with E-state index in [2.05, 4.69) is 23.7 Å². The van der Waals surface area contributed by atoms with Crippen molar-refractivity contribution in [2.24, 2.45) is 5.92 Å². The van der Waals surface area contributed by atoms with E-state index in [9.17, 15) is 18.0 Å². The molecular formula is C16H22F3N3O. The number of piperazine rings is 1. The van der Waals surface area contributed by atoms with Gasteiger partial charge in [-0.3, -0.25) is 9.69 Å². The molecule has 1 aliphatic heterocycles. The molecule has 0 aliphatic carbocycles. The fourth-order valence-corrected chi connectivity index (χ4v) is 2.77. The predicted molar refractivity (Wildman–Crippen MR) is 81.2 cm³/mol. The molecule has 0 spiro atoms. The van der Waals surface area contributed by atoms with Gasteiger partial charge in [0, 0.05) is 32.7 Å². The molecule has 7 heteroatoms. The number of aromatic nitrogens is 1. The van der Waals surface area contributed by atoms with Crippen molar-refractivity contribution < 1.29 is 18.0 Å². The average molecular weight is 329 g/mol. The van der Waals surface area contributed by atoms with E-state index in [4.69, 9.17) is 0 Å². The molecule has 128 valence electrons. The van der Waals surface area contributed by atoms with Crippen LogP contribution in [-0.4, -0.2) is 53.4 Å². The monoisotopic (exact) mass is 329 g/mol. The number of hydrogen-bond acceptors (Lipinski definition) is 3. The number of pyridine rings is 1. The molecular weight excluding hydrogens is 307 g/mol. The Hall–Kier alpha value is -1.63. The second-order valence-corrected chi connectivity index (χ2v) is 6.31. The van der Waals surface area contributed by atoms with E-state index in [-0.39, 0.29) is 17.2 Å². The molecule has 0 unspecified atom stereocenters. The van der Waals surface area contributed by atoms with Gasteiger partial charge >= 0.3 is 6.18 Å². The second-order valence-electron chi connectivity index (χ2n) is 6.31. The van der Waals surface area contributed by atoms with Gasteiger partial charge in [0.05, 0.1) is 11.3 Å². The minimum Gasteiger partial charge on any atom is -0.336 e. The number of aryl methyl sites for hydroxylation is 1. The first-order chi connectivity index (χ1) is 10.7. The summed E-state index contributed by atoms with van der Waals surface area (Å²) < 4.78 is 37.9. The Kier molecular flexibility index (Phi) is 5.29. The van der Waals surface area contributed by atoms with E-state index >= 15 is 0 Å². The molecule has 1 saturated heterocycles. The molecule has 1 aromatic heterocycles. The van der Waals surface area contributed by atoms with E-state index in [0.717, 1.165) is 25.7 Å². The molecule has 0 radical (unpaired) electrons. The van der Waals surface area contributed by atoms with Crippen LogP contribution in [0.5, 0.6) is 0 Å². The van der Waals surface area contributed by atoms with Crippen molar-refractivity contribution in [1.82, 2.24) is 14.8 Å². The van der Waals surface area contributed by atoms with E-state index in [0.29, 0.717) is 19.0 Å². The van der Waals surface area contributed by atoms with E-state index in [1.165, 1.54) is 13.0 Å². The number of rotatable bonds is 3. The summed E-state index contributed by atoms with van der Waals surface area (Å²) in [5.74, 6) is 0.325. The van der Waals surface area contributed by atoms with Gasteiger partial charge in [0.25, 0.3) is 5.91 Å². The van der Waals surface area contributed by atoms with E-state index < -0.39 is 11.9 Å². The third-order valence-electron chi connectivity index (χ3n) is 3.89. The number of amides is 1. The van der Waals surface area contributed by atoms with Crippen LogP contribution in [0.25, 0.3) is 0 Å². The van der Waals surface area contributed by atoms with Gasteiger partial charge in [-0.2, -0.15) is 13.2 Å². The standard InChI is InChI=1S/C16H22F3N3O/c1-11(2)10-21-6-8-22(9-7-21)15(23)13-4-5-14(16(17,18)19)20-12(13)3/h4-5,11H,6-10H2,1-3H3. The zero-order valence-corrected chi connectivity index (χ0v) is 13.7. The van der Waals surface area contributed by atoms with E-state index in [1.807, 2.05) is 0 Å². The molecule has 1 aliphatic rings. The lowest BCUT2D eigenvalue weighted by molar-refractivity contribution is -0.141. The number of carbonyl (C=O) groups is 1. The first-order valence-corrected chi connectivity index (χ1v) is 7.75. The summed E-state index contributed by atoms with van der Waals surface area (Å²) in [6.07, 6.45) is -4.49. The molecule has 0 bridgehead atoms. The highest BCUT2D eigenvalue weighted by molar-refractivity contribution is 5.95. The molecule has 1 amide bonds. The molecule has 1 fully saturated rings. The summed E-state index contributed by atoms with van der Waals surface area (Å²) in [4.78, 5) is 20.0. The molecule has 23 heavy (non-hydrogen) atoms. The Morgan fingerprint density at radius 3 is 2.30 bits per heavy atom. The summed E-state index contributed by atoms with van der Waals surface area (Å²) >= 11 is 0. The van der Waals surface area contributed by atoms with Gasteiger partial charge in [-0.1, -0.05) is 13.8 Å². The van der Waals surface area contributed by atoms with Crippen molar-refractivity contribution >= 4 is 5.91 Å². The molecule has 0 saturated carbocycles. The Balaban J connectivity index is 2.04. The number of nitrogens with zero attached hydrogens (tertiary/aromatic N) is 3. The van der Waals surface area contributed by atoms with Crippen molar-refractivity contribution in [1.29, 1.82) is 0 Å². The van der Waals surface area contributed by atoms with Crippen LogP contribution < -0.4 is 0 Å². The van der Waals surface area contributed by atoms with Gasteiger partial charge in [0.15, 0.2) is 0 Å². The summed E-state index contributed by atoms with van der Waals surface area (Å²) in [6, 6.07) is 2.10. The average Bonchev–Trinajstić information content (AvgIpc) is 2.45. The number of alkyl halides is 3. The van der Waals surface area contributed by atoms with Crippen molar-refractivity contribution in [3.8, 4) is 0 Å². The van der Waals surface area contributed by atoms with Crippen molar-refractivity contribution in [2.45, 2.75) is 26.9 Å². The minimum absolute atomic E-state index is 0.120. The Bertz CT molecular complexity index is 564. The molecule has 0 N–H and O–H groups in total. The zero-order valence-electron chi connectivity index (χ0n) is 13.7. The van der Waals surface area contributed by atoms with Gasteiger partial charge in [-0.25, -0.2) is 4.98 Å². The molecule has 2 heterocycles. The maximum Gasteiger partial charge on any atom is 0.433 e. The quantitative estimate of drug-likeness (QED) is 0.856. The largest absolute Gasteiger partial charge is 0.433 e. The topological polar surface area (TPSA) is 36.4 Å². The lowest BCUT2D eigenvalue weighted by Crippen LogP contribution is -2.49. The fraction of sp³-hybridized carbons (Fsp3) is 0.625. The van der Waals surface area contributed by atoms with Crippen LogP contribution in [-0.2, 0) is 6.18 Å². The third kappa shape index (κ3) is 4.43. The molecule has 0 atom stereocenters. The van der Waals surface area contributed by atoms with Crippen LogP contribution in [0, 0.1) is 12.8 Å². The fourth-order valence-electron chi connectivity index (χ4n) is 2.77.